The number of hydrogen-bond acceptors (Lipinski definition) is 7. The number of anilines is 1. The topological polar surface area (TPSA) is 99.3 Å². The summed E-state index contributed by atoms with van der Waals surface area (Å²) in [7, 11) is 0. The molecule has 1 atom stereocenters. The molecule has 0 bridgehead atoms. The summed E-state index contributed by atoms with van der Waals surface area (Å²) in [6, 6.07) is 5.33. The second-order valence-electron chi connectivity index (χ2n) is 10.6. The molecule has 0 aromatic heterocycles. The number of carbonyl (C=O) groups is 4. The molecular weight excluding hydrogens is 448 g/mol. The zero-order chi connectivity index (χ0) is 25.2. The molecule has 1 aromatic rings. The van der Waals surface area contributed by atoms with Crippen LogP contribution in [0.2, 0.25) is 0 Å². The average molecular weight is 485 g/mol. The van der Waals surface area contributed by atoms with Crippen LogP contribution in [0.3, 0.4) is 0 Å². The molecule has 4 rings (SSSR count). The van der Waals surface area contributed by atoms with Crippen LogP contribution in [-0.2, 0) is 25.7 Å². The maximum absolute atomic E-state index is 12.9. The molecule has 3 aliphatic heterocycles. The quantitative estimate of drug-likeness (QED) is 0.359. The third-order valence-electron chi connectivity index (χ3n) is 6.77. The van der Waals surface area contributed by atoms with E-state index in [-0.39, 0.29) is 30.1 Å². The molecule has 3 amide bonds. The highest BCUT2D eigenvalue weighted by atomic mass is 16.6. The minimum atomic E-state index is -0.588. The summed E-state index contributed by atoms with van der Waals surface area (Å²) >= 11 is 0. The monoisotopic (exact) mass is 484 g/mol. The number of fused-ring (bicyclic) bond motifs is 1. The van der Waals surface area contributed by atoms with E-state index in [0.29, 0.717) is 24.9 Å². The van der Waals surface area contributed by atoms with Crippen LogP contribution in [-0.4, -0.2) is 77.9 Å². The van der Waals surface area contributed by atoms with E-state index < -0.39 is 11.6 Å². The van der Waals surface area contributed by atoms with Gasteiger partial charge in [-0.2, -0.15) is 0 Å². The average Bonchev–Trinajstić information content (AvgIpc) is 3.11. The van der Waals surface area contributed by atoms with E-state index >= 15 is 0 Å². The molecule has 2 saturated heterocycles. The van der Waals surface area contributed by atoms with Crippen LogP contribution in [0.1, 0.15) is 68.8 Å². The molecular formula is C26H36N4O5. The SMILES string of the molecule is CC(C)(C)OC(=O)CCCCN1CCN(c2ccc3c(c2)CN(C2CCC(=O)NC2=O)C3=O)CC1. The zero-order valence-corrected chi connectivity index (χ0v) is 21.0. The van der Waals surface area contributed by atoms with Gasteiger partial charge < -0.3 is 14.5 Å². The van der Waals surface area contributed by atoms with Crippen LogP contribution in [0.25, 0.3) is 0 Å². The summed E-state index contributed by atoms with van der Waals surface area (Å²) in [5.41, 5.74) is 2.23. The van der Waals surface area contributed by atoms with Gasteiger partial charge in [0.25, 0.3) is 5.91 Å². The Labute approximate surface area is 206 Å². The van der Waals surface area contributed by atoms with E-state index in [2.05, 4.69) is 21.2 Å². The van der Waals surface area contributed by atoms with E-state index in [1.54, 1.807) is 4.90 Å². The Hall–Kier alpha value is -2.94. The van der Waals surface area contributed by atoms with E-state index in [0.717, 1.165) is 56.8 Å². The van der Waals surface area contributed by atoms with Crippen LogP contribution in [0.5, 0.6) is 0 Å². The molecule has 1 N–H and O–H groups in total. The van der Waals surface area contributed by atoms with Gasteiger partial charge >= 0.3 is 5.97 Å². The minimum Gasteiger partial charge on any atom is -0.460 e. The minimum absolute atomic E-state index is 0.131. The number of unbranched alkanes of at least 4 members (excludes halogenated alkanes) is 1. The second-order valence-corrected chi connectivity index (χ2v) is 10.6. The van der Waals surface area contributed by atoms with Crippen molar-refractivity contribution in [3.05, 3.63) is 29.3 Å². The Bertz CT molecular complexity index is 994. The van der Waals surface area contributed by atoms with Gasteiger partial charge in [0.1, 0.15) is 11.6 Å². The van der Waals surface area contributed by atoms with Crippen LogP contribution >= 0.6 is 0 Å². The van der Waals surface area contributed by atoms with Crippen molar-refractivity contribution in [2.75, 3.05) is 37.6 Å². The lowest BCUT2D eigenvalue weighted by Crippen LogP contribution is -2.52. The number of hydrogen-bond donors (Lipinski definition) is 1. The standard InChI is InChI=1S/C26H36N4O5/c1-26(2,3)35-23(32)6-4-5-11-28-12-14-29(15-13-28)19-7-8-20-18(16-19)17-30(25(20)34)21-9-10-22(31)27-24(21)33/h7-8,16,21H,4-6,9-15,17H2,1-3H3,(H,27,31,33). The van der Waals surface area contributed by atoms with Gasteiger partial charge in [0.15, 0.2) is 0 Å². The van der Waals surface area contributed by atoms with Gasteiger partial charge in [-0.3, -0.25) is 29.4 Å². The number of benzene rings is 1. The number of esters is 1. The predicted molar refractivity (Wildman–Crippen MR) is 131 cm³/mol. The number of nitrogens with zero attached hydrogens (tertiary/aromatic N) is 3. The fourth-order valence-electron chi connectivity index (χ4n) is 4.98. The third kappa shape index (κ3) is 6.20. The lowest BCUT2D eigenvalue weighted by molar-refractivity contribution is -0.155. The first-order valence-electron chi connectivity index (χ1n) is 12.6. The van der Waals surface area contributed by atoms with E-state index in [1.165, 1.54) is 0 Å². The molecule has 0 saturated carbocycles. The summed E-state index contributed by atoms with van der Waals surface area (Å²) in [6.45, 7) is 10.7. The van der Waals surface area contributed by atoms with E-state index in [1.807, 2.05) is 32.9 Å². The number of amides is 3. The van der Waals surface area contributed by atoms with Crippen molar-refractivity contribution in [1.29, 1.82) is 0 Å². The van der Waals surface area contributed by atoms with Gasteiger partial charge in [-0.25, -0.2) is 0 Å². The Kier molecular flexibility index (Phi) is 7.44. The number of imide groups is 1. The second kappa shape index (κ2) is 10.4. The smallest absolute Gasteiger partial charge is 0.306 e. The molecule has 2 fully saturated rings. The first-order valence-corrected chi connectivity index (χ1v) is 12.6. The van der Waals surface area contributed by atoms with Crippen molar-refractivity contribution in [2.24, 2.45) is 0 Å². The highest BCUT2D eigenvalue weighted by Gasteiger charge is 2.39. The number of piperidine rings is 1. The van der Waals surface area contributed by atoms with Crippen LogP contribution in [0.4, 0.5) is 5.69 Å². The van der Waals surface area contributed by atoms with Crippen LogP contribution in [0.15, 0.2) is 18.2 Å². The summed E-state index contributed by atoms with van der Waals surface area (Å²) < 4.78 is 5.37. The van der Waals surface area contributed by atoms with Crippen LogP contribution < -0.4 is 10.2 Å². The number of rotatable bonds is 7. The number of nitrogens with one attached hydrogen (secondary N) is 1. The molecule has 0 aliphatic carbocycles. The fraction of sp³-hybridized carbons (Fsp3) is 0.615. The number of carbonyl (C=O) groups excluding carboxylic acids is 4. The van der Waals surface area contributed by atoms with Crippen molar-refractivity contribution in [3.8, 4) is 0 Å². The van der Waals surface area contributed by atoms with Crippen molar-refractivity contribution in [3.63, 3.8) is 0 Å². The molecule has 3 heterocycles. The Morgan fingerprint density at radius 1 is 1.09 bits per heavy atom. The Morgan fingerprint density at radius 3 is 2.51 bits per heavy atom. The maximum Gasteiger partial charge on any atom is 0.306 e. The molecule has 0 radical (unpaired) electrons. The fourth-order valence-corrected chi connectivity index (χ4v) is 4.98. The first kappa shape index (κ1) is 25.2. The van der Waals surface area contributed by atoms with Crippen molar-refractivity contribution in [1.82, 2.24) is 15.1 Å². The number of piperazine rings is 1. The van der Waals surface area contributed by atoms with Crippen molar-refractivity contribution < 1.29 is 23.9 Å². The predicted octanol–water partition coefficient (Wildman–Crippen LogP) is 2.08. The number of ether oxygens (including phenoxy) is 1. The summed E-state index contributed by atoms with van der Waals surface area (Å²) in [6.07, 6.45) is 2.89. The lowest BCUT2D eigenvalue weighted by atomic mass is 10.0. The van der Waals surface area contributed by atoms with Gasteiger partial charge in [0.2, 0.25) is 11.8 Å². The van der Waals surface area contributed by atoms with E-state index in [4.69, 9.17) is 4.74 Å². The van der Waals surface area contributed by atoms with Crippen molar-refractivity contribution >= 4 is 29.4 Å². The normalized spacial score (nSPS) is 21.2. The van der Waals surface area contributed by atoms with Gasteiger partial charge in [-0.1, -0.05) is 0 Å². The highest BCUT2D eigenvalue weighted by molar-refractivity contribution is 6.05. The molecule has 35 heavy (non-hydrogen) atoms. The van der Waals surface area contributed by atoms with Crippen molar-refractivity contribution in [2.45, 2.75) is 71.1 Å². The highest BCUT2D eigenvalue weighted by Crippen LogP contribution is 2.31. The molecule has 9 heteroatoms. The molecule has 1 aromatic carbocycles. The first-order chi connectivity index (χ1) is 16.6. The summed E-state index contributed by atoms with van der Waals surface area (Å²) in [5.74, 6) is -0.935. The zero-order valence-electron chi connectivity index (χ0n) is 21.0. The Balaban J connectivity index is 1.24. The maximum atomic E-state index is 12.9. The molecule has 1 unspecified atom stereocenters. The Morgan fingerprint density at radius 2 is 1.83 bits per heavy atom. The van der Waals surface area contributed by atoms with Gasteiger partial charge in [0, 0.05) is 56.8 Å². The summed E-state index contributed by atoms with van der Waals surface area (Å²) in [5, 5.41) is 2.35. The molecule has 3 aliphatic rings. The summed E-state index contributed by atoms with van der Waals surface area (Å²) in [4.78, 5) is 54.8. The van der Waals surface area contributed by atoms with Gasteiger partial charge in [-0.05, 0) is 70.3 Å². The van der Waals surface area contributed by atoms with Gasteiger partial charge in [0.05, 0.1) is 0 Å². The van der Waals surface area contributed by atoms with Gasteiger partial charge in [-0.15, -0.1) is 0 Å². The largest absolute Gasteiger partial charge is 0.460 e. The molecule has 9 nitrogen and oxygen atoms in total. The molecule has 190 valence electrons. The molecule has 0 spiro atoms. The lowest BCUT2D eigenvalue weighted by Gasteiger charge is -2.36. The third-order valence-corrected chi connectivity index (χ3v) is 6.77. The van der Waals surface area contributed by atoms with Crippen LogP contribution in [0, 0.1) is 0 Å². The van der Waals surface area contributed by atoms with E-state index in [9.17, 15) is 19.2 Å².